The molecular weight excluding hydrogens is 321 g/mol. The zero-order valence-corrected chi connectivity index (χ0v) is 14.3. The first-order valence-corrected chi connectivity index (χ1v) is 8.77. The minimum absolute atomic E-state index is 0.00804. The number of halogens is 1. The van der Waals surface area contributed by atoms with Crippen LogP contribution in [0.1, 0.15) is 24.8 Å². The van der Waals surface area contributed by atoms with Crippen LogP contribution in [0.4, 0.5) is 4.39 Å². The second kappa shape index (κ2) is 8.71. The van der Waals surface area contributed by atoms with Gasteiger partial charge in [-0.2, -0.15) is 5.10 Å². The summed E-state index contributed by atoms with van der Waals surface area (Å²) in [6.45, 7) is 3.75. The Bertz CT molecular complexity index is 676. The van der Waals surface area contributed by atoms with E-state index in [1.165, 1.54) is 12.4 Å². The van der Waals surface area contributed by atoms with Crippen LogP contribution in [0.15, 0.2) is 36.9 Å². The van der Waals surface area contributed by atoms with E-state index < -0.39 is 0 Å². The summed E-state index contributed by atoms with van der Waals surface area (Å²) in [5.74, 6) is -0.0904. The Balaban J connectivity index is 1.41. The summed E-state index contributed by atoms with van der Waals surface area (Å²) >= 11 is 0. The minimum atomic E-state index is -0.212. The summed E-state index contributed by atoms with van der Waals surface area (Å²) in [4.78, 5) is 18.5. The van der Waals surface area contributed by atoms with Crippen LogP contribution in [-0.2, 0) is 17.9 Å². The topological polar surface area (TPSA) is 63.1 Å². The maximum absolute atomic E-state index is 13.3. The van der Waals surface area contributed by atoms with Crippen molar-refractivity contribution in [3.63, 3.8) is 0 Å². The number of likely N-dealkylation sites (tertiary alicyclic amines) is 1. The van der Waals surface area contributed by atoms with Crippen LogP contribution in [-0.4, -0.2) is 45.2 Å². The lowest BCUT2D eigenvalue weighted by molar-refractivity contribution is -0.126. The molecule has 2 aromatic rings. The molecule has 3 rings (SSSR count). The van der Waals surface area contributed by atoms with E-state index in [2.05, 4.69) is 20.3 Å². The molecular formula is C18H24FN5O. The molecule has 1 amide bonds. The van der Waals surface area contributed by atoms with Crippen LogP contribution < -0.4 is 5.32 Å². The highest BCUT2D eigenvalue weighted by Gasteiger charge is 2.25. The lowest BCUT2D eigenvalue weighted by atomic mass is 9.96. The van der Waals surface area contributed by atoms with Crippen molar-refractivity contribution in [3.8, 4) is 0 Å². The molecule has 134 valence electrons. The Kier molecular flexibility index (Phi) is 6.11. The summed E-state index contributed by atoms with van der Waals surface area (Å²) < 4.78 is 15.1. The lowest BCUT2D eigenvalue weighted by Crippen LogP contribution is -2.43. The van der Waals surface area contributed by atoms with Crippen molar-refractivity contribution in [2.75, 3.05) is 19.6 Å². The van der Waals surface area contributed by atoms with Gasteiger partial charge in [-0.25, -0.2) is 9.37 Å². The number of carbonyl (C=O) groups is 1. The van der Waals surface area contributed by atoms with E-state index in [0.29, 0.717) is 13.1 Å². The molecule has 1 saturated heterocycles. The van der Waals surface area contributed by atoms with E-state index in [4.69, 9.17) is 0 Å². The molecule has 1 unspecified atom stereocenters. The van der Waals surface area contributed by atoms with Crippen molar-refractivity contribution in [1.29, 1.82) is 0 Å². The van der Waals surface area contributed by atoms with E-state index in [0.717, 1.165) is 44.5 Å². The van der Waals surface area contributed by atoms with Gasteiger partial charge in [0.05, 0.1) is 5.92 Å². The SMILES string of the molecule is O=C(NCCCn1cncn1)C1CCCN(Cc2cccc(F)c2)C1. The van der Waals surface area contributed by atoms with Crippen molar-refractivity contribution >= 4 is 5.91 Å². The van der Waals surface area contributed by atoms with Gasteiger partial charge in [-0.3, -0.25) is 14.4 Å². The van der Waals surface area contributed by atoms with Gasteiger partial charge in [-0.05, 0) is 43.5 Å². The van der Waals surface area contributed by atoms with Crippen LogP contribution >= 0.6 is 0 Å². The Morgan fingerprint density at radius 2 is 2.32 bits per heavy atom. The zero-order valence-electron chi connectivity index (χ0n) is 14.3. The predicted octanol–water partition coefficient (Wildman–Crippen LogP) is 1.84. The summed E-state index contributed by atoms with van der Waals surface area (Å²) in [7, 11) is 0. The van der Waals surface area contributed by atoms with E-state index in [1.807, 2.05) is 6.07 Å². The van der Waals surface area contributed by atoms with Gasteiger partial charge in [0.25, 0.3) is 0 Å². The molecule has 1 atom stereocenters. The molecule has 1 aliphatic heterocycles. The van der Waals surface area contributed by atoms with Crippen molar-refractivity contribution in [2.45, 2.75) is 32.4 Å². The van der Waals surface area contributed by atoms with Crippen LogP contribution in [0.25, 0.3) is 0 Å². The molecule has 1 aromatic carbocycles. The van der Waals surface area contributed by atoms with E-state index in [1.54, 1.807) is 23.1 Å². The van der Waals surface area contributed by atoms with Crippen molar-refractivity contribution < 1.29 is 9.18 Å². The third-order valence-electron chi connectivity index (χ3n) is 4.50. The second-order valence-corrected chi connectivity index (χ2v) is 6.51. The van der Waals surface area contributed by atoms with Gasteiger partial charge in [0, 0.05) is 26.2 Å². The monoisotopic (exact) mass is 345 g/mol. The second-order valence-electron chi connectivity index (χ2n) is 6.51. The smallest absolute Gasteiger partial charge is 0.224 e. The molecule has 0 saturated carbocycles. The summed E-state index contributed by atoms with van der Waals surface area (Å²) in [6, 6.07) is 6.67. The molecule has 0 aliphatic carbocycles. The minimum Gasteiger partial charge on any atom is -0.356 e. The van der Waals surface area contributed by atoms with Crippen LogP contribution in [0, 0.1) is 11.7 Å². The molecule has 1 aliphatic rings. The van der Waals surface area contributed by atoms with Crippen LogP contribution in [0.2, 0.25) is 0 Å². The molecule has 0 radical (unpaired) electrons. The lowest BCUT2D eigenvalue weighted by Gasteiger charge is -2.32. The average molecular weight is 345 g/mol. The summed E-state index contributed by atoms with van der Waals surface area (Å²) in [6.07, 6.45) is 5.91. The van der Waals surface area contributed by atoms with Gasteiger partial charge in [-0.1, -0.05) is 12.1 Å². The number of aromatic nitrogens is 3. The van der Waals surface area contributed by atoms with Crippen LogP contribution in [0.5, 0.6) is 0 Å². The van der Waals surface area contributed by atoms with Gasteiger partial charge in [0.15, 0.2) is 0 Å². The van der Waals surface area contributed by atoms with E-state index in [-0.39, 0.29) is 17.6 Å². The molecule has 1 N–H and O–H groups in total. The van der Waals surface area contributed by atoms with Gasteiger partial charge in [0.1, 0.15) is 18.5 Å². The number of nitrogens with zero attached hydrogens (tertiary/aromatic N) is 4. The van der Waals surface area contributed by atoms with Crippen molar-refractivity contribution in [1.82, 2.24) is 25.0 Å². The van der Waals surface area contributed by atoms with Gasteiger partial charge >= 0.3 is 0 Å². The number of nitrogens with one attached hydrogen (secondary N) is 1. The fourth-order valence-corrected chi connectivity index (χ4v) is 3.25. The first kappa shape index (κ1) is 17.5. The standard InChI is InChI=1S/C18H24FN5O/c19-17-6-1-4-15(10-17)11-23-8-2-5-16(12-23)18(25)21-7-3-9-24-14-20-13-22-24/h1,4,6,10,13-14,16H,2-3,5,7-9,11-12H2,(H,21,25). The Morgan fingerprint density at radius 1 is 1.40 bits per heavy atom. The highest BCUT2D eigenvalue weighted by atomic mass is 19.1. The maximum atomic E-state index is 13.3. The largest absolute Gasteiger partial charge is 0.356 e. The average Bonchev–Trinajstić information content (AvgIpc) is 3.12. The van der Waals surface area contributed by atoms with Crippen LogP contribution in [0.3, 0.4) is 0 Å². The number of rotatable bonds is 7. The molecule has 1 fully saturated rings. The fourth-order valence-electron chi connectivity index (χ4n) is 3.25. The number of aryl methyl sites for hydroxylation is 1. The Labute approximate surface area is 147 Å². The number of carbonyl (C=O) groups excluding carboxylic acids is 1. The Morgan fingerprint density at radius 3 is 3.12 bits per heavy atom. The predicted molar refractivity (Wildman–Crippen MR) is 92.0 cm³/mol. The number of hydrogen-bond acceptors (Lipinski definition) is 4. The Hall–Kier alpha value is -2.28. The number of piperidine rings is 1. The van der Waals surface area contributed by atoms with Crippen molar-refractivity contribution in [2.24, 2.45) is 5.92 Å². The highest BCUT2D eigenvalue weighted by Crippen LogP contribution is 2.19. The number of hydrogen-bond donors (Lipinski definition) is 1. The van der Waals surface area contributed by atoms with Crippen molar-refractivity contribution in [3.05, 3.63) is 48.3 Å². The molecule has 25 heavy (non-hydrogen) atoms. The van der Waals surface area contributed by atoms with Gasteiger partial charge < -0.3 is 5.32 Å². The summed E-state index contributed by atoms with van der Waals surface area (Å²) in [5.41, 5.74) is 0.953. The molecule has 0 spiro atoms. The van der Waals surface area contributed by atoms with E-state index >= 15 is 0 Å². The molecule has 2 heterocycles. The maximum Gasteiger partial charge on any atom is 0.224 e. The first-order chi connectivity index (χ1) is 12.2. The first-order valence-electron chi connectivity index (χ1n) is 8.77. The quantitative estimate of drug-likeness (QED) is 0.778. The highest BCUT2D eigenvalue weighted by molar-refractivity contribution is 5.78. The number of benzene rings is 1. The summed E-state index contributed by atoms with van der Waals surface area (Å²) in [5, 5.41) is 7.06. The van der Waals surface area contributed by atoms with E-state index in [9.17, 15) is 9.18 Å². The van der Waals surface area contributed by atoms with Gasteiger partial charge in [0.2, 0.25) is 5.91 Å². The molecule has 7 heteroatoms. The van der Waals surface area contributed by atoms with Gasteiger partial charge in [-0.15, -0.1) is 0 Å². The normalized spacial score (nSPS) is 18.2. The number of amides is 1. The molecule has 1 aromatic heterocycles. The molecule has 0 bridgehead atoms. The fraction of sp³-hybridized carbons (Fsp3) is 0.500. The molecule has 6 nitrogen and oxygen atoms in total. The zero-order chi connectivity index (χ0) is 17.5. The third-order valence-corrected chi connectivity index (χ3v) is 4.50. The third kappa shape index (κ3) is 5.35.